The molecule has 0 spiro atoms. The van der Waals surface area contributed by atoms with Crippen LogP contribution in [0, 0.1) is 5.92 Å². The number of benzene rings is 2. The molecule has 0 aliphatic heterocycles. The molecule has 5 nitrogen and oxygen atoms in total. The molecular formula is C24H22O5. The summed E-state index contributed by atoms with van der Waals surface area (Å²) in [7, 11) is 0. The monoisotopic (exact) mass is 390 g/mol. The van der Waals surface area contributed by atoms with Crippen LogP contribution < -0.4 is 10.4 Å². The van der Waals surface area contributed by atoms with E-state index in [1.165, 1.54) is 6.08 Å². The van der Waals surface area contributed by atoms with Gasteiger partial charge in [0.15, 0.2) is 0 Å². The molecule has 148 valence electrons. The molecule has 3 atom stereocenters. The zero-order chi connectivity index (χ0) is 20.4. The van der Waals surface area contributed by atoms with Gasteiger partial charge in [-0.25, -0.2) is 9.59 Å². The minimum atomic E-state index is -0.413. The van der Waals surface area contributed by atoms with Gasteiger partial charge in [0.05, 0.1) is 5.56 Å². The summed E-state index contributed by atoms with van der Waals surface area (Å²) in [4.78, 5) is 23.9. The molecule has 0 radical (unpaired) electrons. The van der Waals surface area contributed by atoms with Crippen molar-refractivity contribution in [2.75, 3.05) is 0 Å². The lowest BCUT2D eigenvalue weighted by molar-refractivity contribution is -0.144. The van der Waals surface area contributed by atoms with Crippen molar-refractivity contribution in [2.24, 2.45) is 5.92 Å². The zero-order valence-electron chi connectivity index (χ0n) is 16.2. The molecule has 0 N–H and O–H groups in total. The fourth-order valence-corrected chi connectivity index (χ4v) is 3.78. The summed E-state index contributed by atoms with van der Waals surface area (Å²) in [6.07, 6.45) is 2.44. The lowest BCUT2D eigenvalue weighted by atomic mass is 10.1. The van der Waals surface area contributed by atoms with E-state index in [0.29, 0.717) is 16.9 Å². The smallest absolute Gasteiger partial charge is 0.344 e. The third kappa shape index (κ3) is 3.94. The second-order valence-corrected chi connectivity index (χ2v) is 7.29. The predicted molar refractivity (Wildman–Crippen MR) is 111 cm³/mol. The number of carbonyl (C=O) groups excluding carboxylic acids is 1. The summed E-state index contributed by atoms with van der Waals surface area (Å²) >= 11 is 0. The van der Waals surface area contributed by atoms with Crippen LogP contribution in [-0.4, -0.2) is 18.2 Å². The summed E-state index contributed by atoms with van der Waals surface area (Å²) in [5, 5.41) is 0.827. The Hall–Kier alpha value is -3.34. The Balaban J connectivity index is 1.55. The lowest BCUT2D eigenvalue weighted by Gasteiger charge is -2.21. The summed E-state index contributed by atoms with van der Waals surface area (Å²) in [6, 6.07) is 16.8. The van der Waals surface area contributed by atoms with Gasteiger partial charge in [-0.2, -0.15) is 0 Å². The standard InChI is InChI=1S/C24H22O5/c1-3-23(25)28-21-12-11-20(15(21)2)27-18-10-9-17-13-19(16-7-5-4-6-8-16)24(26)29-22(17)14-18/h3-10,13-15,20-21H,1,11-12H2,2H3. The molecular weight excluding hydrogens is 368 g/mol. The van der Waals surface area contributed by atoms with E-state index in [-0.39, 0.29) is 23.8 Å². The SMILES string of the molecule is C=CC(=O)OC1CCC(Oc2ccc3cc(-c4ccccc4)c(=O)oc3c2)C1C. The summed E-state index contributed by atoms with van der Waals surface area (Å²) < 4.78 is 17.1. The zero-order valence-corrected chi connectivity index (χ0v) is 16.2. The molecule has 3 unspecified atom stereocenters. The lowest BCUT2D eigenvalue weighted by Crippen LogP contribution is -2.27. The molecule has 0 bridgehead atoms. The van der Waals surface area contributed by atoms with Crippen molar-refractivity contribution in [3.63, 3.8) is 0 Å². The molecule has 1 saturated carbocycles. The van der Waals surface area contributed by atoms with Gasteiger partial charge in [-0.1, -0.05) is 43.8 Å². The van der Waals surface area contributed by atoms with Crippen LogP contribution in [0.5, 0.6) is 5.75 Å². The first-order valence-corrected chi connectivity index (χ1v) is 9.68. The number of carbonyl (C=O) groups is 1. The highest BCUT2D eigenvalue weighted by atomic mass is 16.5. The van der Waals surface area contributed by atoms with Crippen molar-refractivity contribution < 1.29 is 18.7 Å². The Morgan fingerprint density at radius 1 is 1.10 bits per heavy atom. The van der Waals surface area contributed by atoms with E-state index in [1.807, 2.05) is 55.5 Å². The summed E-state index contributed by atoms with van der Waals surface area (Å²) in [6.45, 7) is 5.44. The number of fused-ring (bicyclic) bond motifs is 1. The van der Waals surface area contributed by atoms with Crippen molar-refractivity contribution in [1.29, 1.82) is 0 Å². The first kappa shape index (κ1) is 19.0. The highest BCUT2D eigenvalue weighted by Crippen LogP contribution is 2.33. The molecule has 1 fully saturated rings. The van der Waals surface area contributed by atoms with Crippen molar-refractivity contribution in [3.05, 3.63) is 77.7 Å². The normalized spacial score (nSPS) is 21.1. The van der Waals surface area contributed by atoms with Gasteiger partial charge in [-0.3, -0.25) is 0 Å². The molecule has 29 heavy (non-hydrogen) atoms. The third-order valence-corrected chi connectivity index (χ3v) is 5.42. The van der Waals surface area contributed by atoms with E-state index < -0.39 is 5.97 Å². The van der Waals surface area contributed by atoms with E-state index in [1.54, 1.807) is 6.07 Å². The number of esters is 1. The predicted octanol–water partition coefficient (Wildman–Crippen LogP) is 4.74. The minimum Gasteiger partial charge on any atom is -0.490 e. The molecule has 0 saturated heterocycles. The molecule has 2 aromatic carbocycles. The quantitative estimate of drug-likeness (QED) is 0.358. The third-order valence-electron chi connectivity index (χ3n) is 5.42. The van der Waals surface area contributed by atoms with Gasteiger partial charge >= 0.3 is 11.6 Å². The van der Waals surface area contributed by atoms with Gasteiger partial charge < -0.3 is 13.9 Å². The summed E-state index contributed by atoms with van der Waals surface area (Å²) in [5.41, 5.74) is 1.45. The fourth-order valence-electron chi connectivity index (χ4n) is 3.78. The maximum absolute atomic E-state index is 12.5. The topological polar surface area (TPSA) is 65.7 Å². The van der Waals surface area contributed by atoms with Gasteiger partial charge in [-0.05, 0) is 36.6 Å². The van der Waals surface area contributed by atoms with Crippen LogP contribution in [0.3, 0.4) is 0 Å². The molecule has 1 aliphatic rings. The average molecular weight is 390 g/mol. The Labute approximate surface area is 168 Å². The van der Waals surface area contributed by atoms with Crippen molar-refractivity contribution in [2.45, 2.75) is 32.0 Å². The Bertz CT molecular complexity index is 1100. The van der Waals surface area contributed by atoms with Gasteiger partial charge in [0.1, 0.15) is 23.5 Å². The molecule has 0 amide bonds. The number of ether oxygens (including phenoxy) is 2. The van der Waals surface area contributed by atoms with Gasteiger partial charge in [-0.15, -0.1) is 0 Å². The number of hydrogen-bond acceptors (Lipinski definition) is 5. The second-order valence-electron chi connectivity index (χ2n) is 7.29. The van der Waals surface area contributed by atoms with E-state index in [9.17, 15) is 9.59 Å². The van der Waals surface area contributed by atoms with Crippen LogP contribution in [0.2, 0.25) is 0 Å². The average Bonchev–Trinajstić information content (AvgIpc) is 3.07. The molecule has 1 aromatic heterocycles. The van der Waals surface area contributed by atoms with Crippen LogP contribution >= 0.6 is 0 Å². The van der Waals surface area contributed by atoms with Crippen LogP contribution in [0.25, 0.3) is 22.1 Å². The molecule has 1 heterocycles. The van der Waals surface area contributed by atoms with Crippen molar-refractivity contribution in [3.8, 4) is 16.9 Å². The van der Waals surface area contributed by atoms with Gasteiger partial charge in [0.2, 0.25) is 0 Å². The van der Waals surface area contributed by atoms with Gasteiger partial charge in [0.25, 0.3) is 0 Å². The van der Waals surface area contributed by atoms with E-state index in [2.05, 4.69) is 6.58 Å². The Morgan fingerprint density at radius 2 is 1.86 bits per heavy atom. The number of hydrogen-bond donors (Lipinski definition) is 0. The fraction of sp³-hybridized carbons (Fsp3) is 0.250. The molecule has 3 aromatic rings. The van der Waals surface area contributed by atoms with Crippen LogP contribution in [-0.2, 0) is 9.53 Å². The highest BCUT2D eigenvalue weighted by Gasteiger charge is 2.36. The molecule has 1 aliphatic carbocycles. The number of rotatable bonds is 5. The first-order chi connectivity index (χ1) is 14.0. The van der Waals surface area contributed by atoms with E-state index >= 15 is 0 Å². The van der Waals surface area contributed by atoms with Crippen LogP contribution in [0.4, 0.5) is 0 Å². The minimum absolute atomic E-state index is 0.0575. The summed E-state index contributed by atoms with van der Waals surface area (Å²) in [5.74, 6) is 0.270. The molecule has 4 rings (SSSR count). The maximum Gasteiger partial charge on any atom is 0.344 e. The van der Waals surface area contributed by atoms with Gasteiger partial charge in [0, 0.05) is 23.4 Å². The van der Waals surface area contributed by atoms with E-state index in [4.69, 9.17) is 13.9 Å². The van der Waals surface area contributed by atoms with Crippen LogP contribution in [0.1, 0.15) is 19.8 Å². The van der Waals surface area contributed by atoms with E-state index in [0.717, 1.165) is 23.8 Å². The van der Waals surface area contributed by atoms with Crippen molar-refractivity contribution >= 4 is 16.9 Å². The molecule has 5 heteroatoms. The Kier molecular flexibility index (Phi) is 5.21. The van der Waals surface area contributed by atoms with Crippen molar-refractivity contribution in [1.82, 2.24) is 0 Å². The first-order valence-electron chi connectivity index (χ1n) is 9.68. The highest BCUT2D eigenvalue weighted by molar-refractivity contribution is 5.83. The largest absolute Gasteiger partial charge is 0.490 e. The second kappa shape index (κ2) is 7.95. The van der Waals surface area contributed by atoms with Crippen LogP contribution in [0.15, 0.2) is 76.5 Å². The Morgan fingerprint density at radius 3 is 2.62 bits per heavy atom. The maximum atomic E-state index is 12.5.